The highest BCUT2D eigenvalue weighted by Gasteiger charge is 2.01. The van der Waals surface area contributed by atoms with Gasteiger partial charge in [0.1, 0.15) is 0 Å². The lowest BCUT2D eigenvalue weighted by Crippen LogP contribution is -1.82. The van der Waals surface area contributed by atoms with Gasteiger partial charge >= 0.3 is 0 Å². The molecule has 1 aromatic rings. The van der Waals surface area contributed by atoms with Gasteiger partial charge in [0.05, 0.1) is 0 Å². The molecule has 1 rings (SSSR count). The molecule has 0 aromatic carbocycles. The van der Waals surface area contributed by atoms with Gasteiger partial charge in [-0.25, -0.2) is 0 Å². The van der Waals surface area contributed by atoms with Crippen LogP contribution < -0.4 is 0 Å². The molecule has 1 aromatic heterocycles. The first kappa shape index (κ1) is 9.62. The van der Waals surface area contributed by atoms with Crippen LogP contribution in [0, 0.1) is 0 Å². The Morgan fingerprint density at radius 1 is 1.64 bits per heavy atom. The Morgan fingerprint density at radius 3 is 3.09 bits per heavy atom. The van der Waals surface area contributed by atoms with E-state index in [4.69, 9.17) is 0 Å². The fraction of sp³-hybridized carbons (Fsp3) is 0.500. The van der Waals surface area contributed by atoms with Gasteiger partial charge in [-0.15, -0.1) is 23.1 Å². The van der Waals surface area contributed by atoms with Gasteiger partial charge in [0.25, 0.3) is 0 Å². The zero-order valence-electron chi connectivity index (χ0n) is 6.47. The Morgan fingerprint density at radius 2 is 2.45 bits per heavy atom. The number of rotatable bonds is 4. The van der Waals surface area contributed by atoms with Crippen molar-refractivity contribution in [2.24, 2.45) is 0 Å². The zero-order valence-corrected chi connectivity index (χ0v) is 9.69. The van der Waals surface area contributed by atoms with Crippen LogP contribution in [0.15, 0.2) is 16.3 Å². The second-order valence-electron chi connectivity index (χ2n) is 2.08. The van der Waals surface area contributed by atoms with Crippen molar-refractivity contribution in [3.05, 3.63) is 16.3 Å². The summed E-state index contributed by atoms with van der Waals surface area (Å²) in [6.45, 7) is 2.19. The molecule has 3 heteroatoms. The van der Waals surface area contributed by atoms with E-state index in [9.17, 15) is 0 Å². The summed E-state index contributed by atoms with van der Waals surface area (Å²) < 4.78 is 0. The van der Waals surface area contributed by atoms with Crippen molar-refractivity contribution in [2.75, 3.05) is 11.1 Å². The minimum absolute atomic E-state index is 1.07. The van der Waals surface area contributed by atoms with Crippen molar-refractivity contribution in [1.82, 2.24) is 0 Å². The summed E-state index contributed by atoms with van der Waals surface area (Å²) in [6, 6.07) is 2.22. The number of hydrogen-bond acceptors (Lipinski definition) is 2. The summed E-state index contributed by atoms with van der Waals surface area (Å²) >= 11 is 7.25. The topological polar surface area (TPSA) is 0 Å². The third kappa shape index (κ3) is 2.80. The monoisotopic (exact) mass is 250 g/mol. The van der Waals surface area contributed by atoms with Crippen LogP contribution in [0.2, 0.25) is 0 Å². The van der Waals surface area contributed by atoms with Crippen LogP contribution in [0.4, 0.5) is 0 Å². The molecule has 0 unspecified atom stereocenters. The summed E-state index contributed by atoms with van der Waals surface area (Å²) in [5, 5.41) is 3.25. The van der Waals surface area contributed by atoms with E-state index in [1.807, 2.05) is 23.1 Å². The Kier molecular flexibility index (Phi) is 4.57. The van der Waals surface area contributed by atoms with Crippen LogP contribution >= 0.6 is 39.0 Å². The molecule has 62 valence electrons. The van der Waals surface area contributed by atoms with Crippen molar-refractivity contribution >= 4 is 39.0 Å². The summed E-state index contributed by atoms with van der Waals surface area (Å²) in [4.78, 5) is 2.99. The lowest BCUT2D eigenvalue weighted by Gasteiger charge is -1.97. The number of halogens is 1. The van der Waals surface area contributed by atoms with Gasteiger partial charge in [-0.2, -0.15) is 0 Å². The summed E-state index contributed by atoms with van der Waals surface area (Å²) in [7, 11) is 0. The van der Waals surface area contributed by atoms with Crippen molar-refractivity contribution < 1.29 is 0 Å². The molecule has 11 heavy (non-hydrogen) atoms. The first-order chi connectivity index (χ1) is 5.38. The first-order valence-electron chi connectivity index (χ1n) is 3.63. The van der Waals surface area contributed by atoms with Crippen molar-refractivity contribution in [1.29, 1.82) is 0 Å². The van der Waals surface area contributed by atoms with Crippen LogP contribution in [0.1, 0.15) is 11.8 Å². The van der Waals surface area contributed by atoms with E-state index in [2.05, 4.69) is 34.3 Å². The lowest BCUT2D eigenvalue weighted by molar-refractivity contribution is 1.16. The van der Waals surface area contributed by atoms with Gasteiger partial charge in [0.15, 0.2) is 0 Å². The van der Waals surface area contributed by atoms with Crippen LogP contribution in [0.5, 0.6) is 0 Å². The van der Waals surface area contributed by atoms with E-state index < -0.39 is 0 Å². The Balaban J connectivity index is 2.62. The maximum Gasteiger partial charge on any atom is 0.0211 e. The van der Waals surface area contributed by atoms with Gasteiger partial charge in [-0.3, -0.25) is 0 Å². The van der Waals surface area contributed by atoms with E-state index in [1.54, 1.807) is 0 Å². The largest absolute Gasteiger partial charge is 0.148 e. The molecule has 0 saturated heterocycles. The van der Waals surface area contributed by atoms with Crippen molar-refractivity contribution in [3.8, 4) is 0 Å². The molecule has 0 aliphatic rings. The molecule has 0 spiro atoms. The molecular formula is C8H11BrS2. The highest BCUT2D eigenvalue weighted by molar-refractivity contribution is 9.09. The lowest BCUT2D eigenvalue weighted by atomic mass is 10.4. The number of hydrogen-bond donors (Lipinski definition) is 0. The molecule has 0 radical (unpaired) electrons. The van der Waals surface area contributed by atoms with E-state index >= 15 is 0 Å². The molecule has 0 nitrogen and oxygen atoms in total. The predicted octanol–water partition coefficient (Wildman–Crippen LogP) is 3.80. The van der Waals surface area contributed by atoms with Crippen LogP contribution in [-0.4, -0.2) is 11.1 Å². The molecule has 0 amide bonds. The average molecular weight is 251 g/mol. The smallest absolute Gasteiger partial charge is 0.0211 e. The van der Waals surface area contributed by atoms with E-state index in [-0.39, 0.29) is 0 Å². The van der Waals surface area contributed by atoms with E-state index in [0.29, 0.717) is 0 Å². The normalized spacial score (nSPS) is 10.4. The minimum atomic E-state index is 1.07. The van der Waals surface area contributed by atoms with E-state index in [0.717, 1.165) is 5.33 Å². The summed E-state index contributed by atoms with van der Waals surface area (Å²) in [6.07, 6.45) is 1.17. The maximum atomic E-state index is 3.45. The highest BCUT2D eigenvalue weighted by Crippen LogP contribution is 2.27. The molecule has 0 N–H and O–H groups in total. The standard InChI is InChI=1S/C8H11BrS2/c1-2-10-8-4-6-11-7(8)3-5-9/h4,6H,2-3,5H2,1H3. The Bertz CT molecular complexity index is 187. The molecule has 0 atom stereocenters. The van der Waals surface area contributed by atoms with Crippen LogP contribution in [0.25, 0.3) is 0 Å². The van der Waals surface area contributed by atoms with Gasteiger partial charge < -0.3 is 0 Å². The number of thioether (sulfide) groups is 1. The van der Waals surface area contributed by atoms with Gasteiger partial charge in [0.2, 0.25) is 0 Å². The van der Waals surface area contributed by atoms with Crippen molar-refractivity contribution in [3.63, 3.8) is 0 Å². The first-order valence-corrected chi connectivity index (χ1v) is 6.62. The molecule has 0 aliphatic heterocycles. The Hall–Kier alpha value is 0.530. The molecule has 0 fully saturated rings. The molecule has 1 heterocycles. The molecule has 0 aliphatic carbocycles. The molecular weight excluding hydrogens is 240 g/mol. The average Bonchev–Trinajstić information content (AvgIpc) is 2.39. The highest BCUT2D eigenvalue weighted by atomic mass is 79.9. The summed E-state index contributed by atoms with van der Waals surface area (Å²) in [5.41, 5.74) is 0. The second kappa shape index (κ2) is 5.22. The van der Waals surface area contributed by atoms with E-state index in [1.165, 1.54) is 21.9 Å². The number of alkyl halides is 1. The number of thiophene rings is 1. The van der Waals surface area contributed by atoms with Gasteiger partial charge in [-0.1, -0.05) is 22.9 Å². The third-order valence-electron chi connectivity index (χ3n) is 1.33. The third-order valence-corrected chi connectivity index (χ3v) is 3.81. The van der Waals surface area contributed by atoms with Crippen molar-refractivity contribution in [2.45, 2.75) is 18.2 Å². The maximum absolute atomic E-state index is 3.45. The SMILES string of the molecule is CCSc1ccsc1CCBr. The Labute approximate surface area is 84.5 Å². The van der Waals surface area contributed by atoms with Crippen LogP contribution in [-0.2, 0) is 6.42 Å². The second-order valence-corrected chi connectivity index (χ2v) is 5.18. The number of aryl methyl sites for hydroxylation is 1. The van der Waals surface area contributed by atoms with Gasteiger partial charge in [0, 0.05) is 15.1 Å². The summed E-state index contributed by atoms with van der Waals surface area (Å²) in [5.74, 6) is 1.17. The molecule has 0 saturated carbocycles. The minimum Gasteiger partial charge on any atom is -0.148 e. The fourth-order valence-corrected chi connectivity index (χ4v) is 3.46. The predicted molar refractivity (Wildman–Crippen MR) is 58.2 cm³/mol. The molecule has 0 bridgehead atoms. The zero-order chi connectivity index (χ0) is 8.10. The van der Waals surface area contributed by atoms with Gasteiger partial charge in [-0.05, 0) is 23.6 Å². The quantitative estimate of drug-likeness (QED) is 0.579. The fourth-order valence-electron chi connectivity index (χ4n) is 0.881. The van der Waals surface area contributed by atoms with Crippen LogP contribution in [0.3, 0.4) is 0 Å².